The van der Waals surface area contributed by atoms with Gasteiger partial charge in [0.1, 0.15) is 11.9 Å². The van der Waals surface area contributed by atoms with E-state index < -0.39 is 6.09 Å². The van der Waals surface area contributed by atoms with Gasteiger partial charge >= 0.3 is 6.09 Å². The Morgan fingerprint density at radius 3 is 2.30 bits per heavy atom. The van der Waals surface area contributed by atoms with Crippen LogP contribution in [0.5, 0.6) is 5.75 Å². The van der Waals surface area contributed by atoms with E-state index in [1.807, 2.05) is 26.0 Å². The summed E-state index contributed by atoms with van der Waals surface area (Å²) in [5.74, 6) is 0.876. The first-order valence-electron chi connectivity index (χ1n) is 9.74. The minimum Gasteiger partial charge on any atom is -0.491 e. The second-order valence-electron chi connectivity index (χ2n) is 7.67. The molecule has 27 heavy (non-hydrogen) atoms. The summed E-state index contributed by atoms with van der Waals surface area (Å²) in [5, 5.41) is 0. The van der Waals surface area contributed by atoms with Gasteiger partial charge in [0.05, 0.1) is 6.10 Å². The third-order valence-corrected chi connectivity index (χ3v) is 5.73. The molecule has 0 fully saturated rings. The molecule has 2 aromatic rings. The van der Waals surface area contributed by atoms with Gasteiger partial charge < -0.3 is 15.2 Å². The second kappa shape index (κ2) is 7.63. The summed E-state index contributed by atoms with van der Waals surface area (Å²) < 4.78 is 11.3. The lowest BCUT2D eigenvalue weighted by molar-refractivity contribution is 0.0140. The van der Waals surface area contributed by atoms with E-state index in [1.165, 1.54) is 5.56 Å². The van der Waals surface area contributed by atoms with Crippen molar-refractivity contribution in [3.8, 4) is 16.9 Å². The number of benzene rings is 2. The number of primary amides is 1. The number of rotatable bonds is 6. The van der Waals surface area contributed by atoms with Gasteiger partial charge in [0, 0.05) is 5.41 Å². The number of hydrogen-bond donors (Lipinski definition) is 1. The van der Waals surface area contributed by atoms with Gasteiger partial charge in [-0.2, -0.15) is 0 Å². The van der Waals surface area contributed by atoms with E-state index in [0.29, 0.717) is 0 Å². The van der Waals surface area contributed by atoms with Crippen molar-refractivity contribution in [2.75, 3.05) is 0 Å². The molecule has 4 nitrogen and oxygen atoms in total. The average molecular weight is 367 g/mol. The predicted octanol–water partition coefficient (Wildman–Crippen LogP) is 5.64. The molecule has 0 heterocycles. The first-order chi connectivity index (χ1) is 12.9. The van der Waals surface area contributed by atoms with Crippen molar-refractivity contribution in [3.63, 3.8) is 0 Å². The third kappa shape index (κ3) is 3.80. The fourth-order valence-corrected chi connectivity index (χ4v) is 4.17. The molecule has 4 heteroatoms. The summed E-state index contributed by atoms with van der Waals surface area (Å²) in [6.45, 7) is 8.35. The van der Waals surface area contributed by atoms with E-state index in [-0.39, 0.29) is 17.6 Å². The van der Waals surface area contributed by atoms with Gasteiger partial charge in [0.2, 0.25) is 0 Å². The lowest BCUT2D eigenvalue weighted by Gasteiger charge is -2.32. The number of carbonyl (C=O) groups excluding carboxylic acids is 1. The van der Waals surface area contributed by atoms with Crippen molar-refractivity contribution in [3.05, 3.63) is 53.6 Å². The number of fused-ring (bicyclic) bond motifs is 1. The molecule has 2 N–H and O–H groups in total. The van der Waals surface area contributed by atoms with Gasteiger partial charge in [-0.3, -0.25) is 0 Å². The quantitative estimate of drug-likeness (QED) is 0.718. The number of ether oxygens (including phenoxy) is 2. The molecule has 1 atom stereocenters. The molecule has 0 bridgehead atoms. The molecule has 0 aromatic heterocycles. The fourth-order valence-electron chi connectivity index (χ4n) is 4.17. The van der Waals surface area contributed by atoms with Gasteiger partial charge in [-0.05, 0) is 67.5 Å². The Hall–Kier alpha value is -2.49. The first kappa shape index (κ1) is 19.3. The molecule has 144 valence electrons. The van der Waals surface area contributed by atoms with Crippen molar-refractivity contribution in [2.45, 2.75) is 59.2 Å². The fraction of sp³-hybridized carbons (Fsp3) is 0.435. The SMILES string of the molecule is CCC1(CC)Cc2cc(-c3ccc(OC(C)C)cc3)ccc2C1OC(N)=O. The third-order valence-electron chi connectivity index (χ3n) is 5.73. The van der Waals surface area contributed by atoms with Crippen LogP contribution in [0.1, 0.15) is 57.8 Å². The summed E-state index contributed by atoms with van der Waals surface area (Å²) in [7, 11) is 0. The van der Waals surface area contributed by atoms with Crippen LogP contribution in [0.15, 0.2) is 42.5 Å². The van der Waals surface area contributed by atoms with Crippen LogP contribution >= 0.6 is 0 Å². The molecular formula is C23H29NO3. The average Bonchev–Trinajstić information content (AvgIpc) is 2.94. The van der Waals surface area contributed by atoms with Crippen molar-refractivity contribution in [2.24, 2.45) is 11.1 Å². The normalized spacial score (nSPS) is 17.6. The number of hydrogen-bond acceptors (Lipinski definition) is 3. The van der Waals surface area contributed by atoms with Crippen molar-refractivity contribution < 1.29 is 14.3 Å². The monoisotopic (exact) mass is 367 g/mol. The van der Waals surface area contributed by atoms with Gasteiger partial charge in [-0.1, -0.05) is 44.2 Å². The molecule has 1 aliphatic carbocycles. The zero-order valence-electron chi connectivity index (χ0n) is 16.6. The van der Waals surface area contributed by atoms with Gasteiger partial charge in [-0.25, -0.2) is 4.79 Å². The Morgan fingerprint density at radius 1 is 1.11 bits per heavy atom. The molecule has 2 aromatic carbocycles. The van der Waals surface area contributed by atoms with Gasteiger partial charge in [-0.15, -0.1) is 0 Å². The Morgan fingerprint density at radius 2 is 1.74 bits per heavy atom. The van der Waals surface area contributed by atoms with Crippen LogP contribution in [0.25, 0.3) is 11.1 Å². The molecule has 1 amide bonds. The highest BCUT2D eigenvalue weighted by molar-refractivity contribution is 5.68. The standard InChI is InChI=1S/C23H29NO3/c1-5-23(6-2)14-18-13-17(9-12-20(18)21(23)27-22(24)25)16-7-10-19(11-8-16)26-15(3)4/h7-13,15,21H,5-6,14H2,1-4H3,(H2,24,25). The Balaban J connectivity index is 1.93. The van der Waals surface area contributed by atoms with Crippen LogP contribution in [0.2, 0.25) is 0 Å². The molecule has 0 saturated heterocycles. The molecule has 1 aliphatic rings. The largest absolute Gasteiger partial charge is 0.491 e. The van der Waals surface area contributed by atoms with E-state index in [1.54, 1.807) is 0 Å². The molecule has 1 unspecified atom stereocenters. The van der Waals surface area contributed by atoms with Crippen molar-refractivity contribution in [1.29, 1.82) is 0 Å². The summed E-state index contributed by atoms with van der Waals surface area (Å²) in [6, 6.07) is 14.6. The summed E-state index contributed by atoms with van der Waals surface area (Å²) >= 11 is 0. The van der Waals surface area contributed by atoms with E-state index in [4.69, 9.17) is 15.2 Å². The van der Waals surface area contributed by atoms with Crippen molar-refractivity contribution in [1.82, 2.24) is 0 Å². The van der Waals surface area contributed by atoms with Crippen molar-refractivity contribution >= 4 is 6.09 Å². The molecule has 0 spiro atoms. The van der Waals surface area contributed by atoms with E-state index >= 15 is 0 Å². The van der Waals surface area contributed by atoms with Crippen LogP contribution in [-0.2, 0) is 11.2 Å². The number of nitrogens with two attached hydrogens (primary N) is 1. The van der Waals surface area contributed by atoms with Gasteiger partial charge in [0.15, 0.2) is 0 Å². The van der Waals surface area contributed by atoms with Crippen LogP contribution in [0, 0.1) is 5.41 Å². The van der Waals surface area contributed by atoms with Crippen LogP contribution in [-0.4, -0.2) is 12.2 Å². The van der Waals surface area contributed by atoms with E-state index in [2.05, 4.69) is 44.2 Å². The summed E-state index contributed by atoms with van der Waals surface area (Å²) in [6.07, 6.45) is 1.96. The zero-order chi connectivity index (χ0) is 19.6. The molecule has 0 saturated carbocycles. The lowest BCUT2D eigenvalue weighted by atomic mass is 9.77. The highest BCUT2D eigenvalue weighted by Gasteiger charge is 2.46. The lowest BCUT2D eigenvalue weighted by Crippen LogP contribution is -2.30. The molecular weight excluding hydrogens is 338 g/mol. The number of carbonyl (C=O) groups is 1. The predicted molar refractivity (Wildman–Crippen MR) is 108 cm³/mol. The highest BCUT2D eigenvalue weighted by atomic mass is 16.6. The molecule has 3 rings (SSSR count). The minimum atomic E-state index is -0.705. The Labute approximate surface area is 161 Å². The second-order valence-corrected chi connectivity index (χ2v) is 7.67. The minimum absolute atomic E-state index is 0.0784. The summed E-state index contributed by atoms with van der Waals surface area (Å²) in [5.41, 5.74) is 9.91. The molecule has 0 aliphatic heterocycles. The van der Waals surface area contributed by atoms with Crippen LogP contribution in [0.3, 0.4) is 0 Å². The molecule has 0 radical (unpaired) electrons. The number of amides is 1. The van der Waals surface area contributed by atoms with Gasteiger partial charge in [0.25, 0.3) is 0 Å². The summed E-state index contributed by atoms with van der Waals surface area (Å²) in [4.78, 5) is 11.5. The Kier molecular flexibility index (Phi) is 5.45. The maximum absolute atomic E-state index is 11.5. The zero-order valence-corrected chi connectivity index (χ0v) is 16.6. The van der Waals surface area contributed by atoms with Crippen LogP contribution in [0.4, 0.5) is 4.79 Å². The topological polar surface area (TPSA) is 61.6 Å². The maximum atomic E-state index is 11.5. The highest BCUT2D eigenvalue weighted by Crippen LogP contribution is 2.52. The van der Waals surface area contributed by atoms with E-state index in [9.17, 15) is 4.79 Å². The smallest absolute Gasteiger partial charge is 0.405 e. The van der Waals surface area contributed by atoms with E-state index in [0.717, 1.165) is 41.7 Å². The maximum Gasteiger partial charge on any atom is 0.405 e. The Bertz CT molecular complexity index is 807. The van der Waals surface area contributed by atoms with Crippen LogP contribution < -0.4 is 10.5 Å². The first-order valence-corrected chi connectivity index (χ1v) is 9.74.